The molecule has 1 N–H and O–H groups in total. The van der Waals surface area contributed by atoms with E-state index in [2.05, 4.69) is 4.98 Å². The molecule has 0 aliphatic carbocycles. The molecule has 1 aromatic heterocycles. The molecule has 0 radical (unpaired) electrons. The third-order valence-corrected chi connectivity index (χ3v) is 2.83. The standard InChI is InChI=1S/C14H15NO2/c1-10-7-11-4-5-12(8-13(11)9-15-10)14(17)3-2-6-16/h4-9,14,17H,2-3H2,1H3/t14-/m0/s1. The second-order valence-electron chi connectivity index (χ2n) is 4.19. The van der Waals surface area contributed by atoms with Crippen molar-refractivity contribution in [2.45, 2.75) is 25.9 Å². The molecule has 0 bridgehead atoms. The molecular formula is C14H15NO2. The summed E-state index contributed by atoms with van der Waals surface area (Å²) in [4.78, 5) is 14.5. The van der Waals surface area contributed by atoms with Gasteiger partial charge in [-0.15, -0.1) is 0 Å². The molecule has 0 fully saturated rings. The van der Waals surface area contributed by atoms with Gasteiger partial charge < -0.3 is 9.90 Å². The number of pyridine rings is 1. The van der Waals surface area contributed by atoms with E-state index in [4.69, 9.17) is 0 Å². The molecular weight excluding hydrogens is 214 g/mol. The molecule has 0 spiro atoms. The first-order valence-corrected chi connectivity index (χ1v) is 5.68. The van der Waals surface area contributed by atoms with Crippen molar-refractivity contribution in [3.63, 3.8) is 0 Å². The van der Waals surface area contributed by atoms with Crippen molar-refractivity contribution in [2.24, 2.45) is 0 Å². The lowest BCUT2D eigenvalue weighted by atomic mass is 10.0. The molecule has 0 aliphatic heterocycles. The van der Waals surface area contributed by atoms with Gasteiger partial charge in [-0.05, 0) is 36.4 Å². The lowest BCUT2D eigenvalue weighted by Gasteiger charge is -2.10. The maximum Gasteiger partial charge on any atom is 0.120 e. The van der Waals surface area contributed by atoms with Gasteiger partial charge in [0.1, 0.15) is 6.29 Å². The summed E-state index contributed by atoms with van der Waals surface area (Å²) in [5.41, 5.74) is 1.82. The van der Waals surface area contributed by atoms with Gasteiger partial charge in [-0.1, -0.05) is 12.1 Å². The fourth-order valence-electron chi connectivity index (χ4n) is 1.87. The zero-order chi connectivity index (χ0) is 12.3. The number of fused-ring (bicyclic) bond motifs is 1. The first-order valence-electron chi connectivity index (χ1n) is 5.68. The number of aliphatic hydroxyl groups is 1. The number of aromatic nitrogens is 1. The van der Waals surface area contributed by atoms with Crippen LogP contribution in [-0.2, 0) is 4.79 Å². The smallest absolute Gasteiger partial charge is 0.120 e. The highest BCUT2D eigenvalue weighted by molar-refractivity contribution is 5.82. The third kappa shape index (κ3) is 2.68. The number of carbonyl (C=O) groups excluding carboxylic acids is 1. The van der Waals surface area contributed by atoms with Crippen molar-refractivity contribution in [1.29, 1.82) is 0 Å². The number of aldehydes is 1. The zero-order valence-corrected chi connectivity index (χ0v) is 9.76. The Morgan fingerprint density at radius 3 is 2.94 bits per heavy atom. The summed E-state index contributed by atoms with van der Waals surface area (Å²) >= 11 is 0. The van der Waals surface area contributed by atoms with Gasteiger partial charge in [0.25, 0.3) is 0 Å². The van der Waals surface area contributed by atoms with E-state index < -0.39 is 6.10 Å². The van der Waals surface area contributed by atoms with Gasteiger partial charge in [0, 0.05) is 23.7 Å². The van der Waals surface area contributed by atoms with Gasteiger partial charge in [-0.25, -0.2) is 0 Å². The molecule has 1 heterocycles. The molecule has 1 aromatic carbocycles. The fraction of sp³-hybridized carbons (Fsp3) is 0.286. The minimum Gasteiger partial charge on any atom is -0.388 e. The monoisotopic (exact) mass is 229 g/mol. The van der Waals surface area contributed by atoms with Crippen LogP contribution in [0.25, 0.3) is 10.8 Å². The number of hydrogen-bond acceptors (Lipinski definition) is 3. The van der Waals surface area contributed by atoms with Crippen LogP contribution in [-0.4, -0.2) is 16.4 Å². The Morgan fingerprint density at radius 2 is 2.18 bits per heavy atom. The number of hydrogen-bond donors (Lipinski definition) is 1. The van der Waals surface area contributed by atoms with E-state index in [0.717, 1.165) is 28.3 Å². The number of aryl methyl sites for hydroxylation is 1. The first kappa shape index (κ1) is 11.7. The lowest BCUT2D eigenvalue weighted by molar-refractivity contribution is -0.108. The van der Waals surface area contributed by atoms with Crippen molar-refractivity contribution < 1.29 is 9.90 Å². The number of rotatable bonds is 4. The highest BCUT2D eigenvalue weighted by Gasteiger charge is 2.07. The SMILES string of the molecule is Cc1cc2ccc([C@@H](O)CCC=O)cc2cn1. The zero-order valence-electron chi connectivity index (χ0n) is 9.76. The molecule has 0 aliphatic rings. The Hall–Kier alpha value is -1.74. The molecule has 1 atom stereocenters. The van der Waals surface area contributed by atoms with E-state index in [9.17, 15) is 9.90 Å². The third-order valence-electron chi connectivity index (χ3n) is 2.83. The molecule has 3 nitrogen and oxygen atoms in total. The van der Waals surface area contributed by atoms with Crippen molar-refractivity contribution in [1.82, 2.24) is 4.98 Å². The van der Waals surface area contributed by atoms with Gasteiger partial charge in [-0.2, -0.15) is 0 Å². The minimum atomic E-state index is -0.578. The van der Waals surface area contributed by atoms with Crippen LogP contribution >= 0.6 is 0 Å². The number of carbonyl (C=O) groups is 1. The number of aliphatic hydroxyl groups excluding tert-OH is 1. The predicted octanol–water partition coefficient (Wildman–Crippen LogP) is 2.56. The summed E-state index contributed by atoms with van der Waals surface area (Å²) in [6.07, 6.45) is 2.90. The highest BCUT2D eigenvalue weighted by Crippen LogP contribution is 2.22. The largest absolute Gasteiger partial charge is 0.388 e. The van der Waals surface area contributed by atoms with Crippen LogP contribution < -0.4 is 0 Å². The van der Waals surface area contributed by atoms with Crippen molar-refractivity contribution in [2.75, 3.05) is 0 Å². The Morgan fingerprint density at radius 1 is 1.35 bits per heavy atom. The summed E-state index contributed by atoms with van der Waals surface area (Å²) in [6, 6.07) is 7.81. The van der Waals surface area contributed by atoms with E-state index >= 15 is 0 Å². The Balaban J connectivity index is 2.31. The summed E-state index contributed by atoms with van der Waals surface area (Å²) in [5.74, 6) is 0. The summed E-state index contributed by atoms with van der Waals surface area (Å²) in [7, 11) is 0. The molecule has 0 amide bonds. The van der Waals surface area contributed by atoms with E-state index in [0.29, 0.717) is 12.8 Å². The first-order chi connectivity index (χ1) is 8.20. The maximum atomic E-state index is 10.3. The molecule has 3 heteroatoms. The minimum absolute atomic E-state index is 0.380. The van der Waals surface area contributed by atoms with Crippen LogP contribution in [0.4, 0.5) is 0 Å². The number of nitrogens with zero attached hydrogens (tertiary/aromatic N) is 1. The summed E-state index contributed by atoms with van der Waals surface area (Å²) in [6.45, 7) is 1.95. The average molecular weight is 229 g/mol. The van der Waals surface area contributed by atoms with Crippen LogP contribution in [0.3, 0.4) is 0 Å². The highest BCUT2D eigenvalue weighted by atomic mass is 16.3. The molecule has 2 aromatic rings. The summed E-state index contributed by atoms with van der Waals surface area (Å²) < 4.78 is 0. The molecule has 17 heavy (non-hydrogen) atoms. The van der Waals surface area contributed by atoms with Crippen LogP contribution in [0.1, 0.15) is 30.2 Å². The van der Waals surface area contributed by atoms with E-state index in [1.807, 2.05) is 31.2 Å². The normalized spacial score (nSPS) is 12.6. The quantitative estimate of drug-likeness (QED) is 0.820. The van der Waals surface area contributed by atoms with Crippen molar-refractivity contribution in [3.8, 4) is 0 Å². The Bertz CT molecular complexity index is 537. The van der Waals surface area contributed by atoms with Gasteiger partial charge in [-0.3, -0.25) is 4.98 Å². The van der Waals surface area contributed by atoms with Crippen molar-refractivity contribution >= 4 is 17.1 Å². The van der Waals surface area contributed by atoms with Crippen molar-refractivity contribution in [3.05, 3.63) is 41.7 Å². The molecule has 0 unspecified atom stereocenters. The lowest BCUT2D eigenvalue weighted by Crippen LogP contribution is -1.97. The topological polar surface area (TPSA) is 50.2 Å². The van der Waals surface area contributed by atoms with Crippen LogP contribution in [0.2, 0.25) is 0 Å². The van der Waals surface area contributed by atoms with Gasteiger partial charge in [0.05, 0.1) is 6.10 Å². The predicted molar refractivity (Wildman–Crippen MR) is 66.7 cm³/mol. The average Bonchev–Trinajstić information content (AvgIpc) is 2.35. The van der Waals surface area contributed by atoms with Gasteiger partial charge in [0.15, 0.2) is 0 Å². The molecule has 88 valence electrons. The fourth-order valence-corrected chi connectivity index (χ4v) is 1.87. The molecule has 2 rings (SSSR count). The van der Waals surface area contributed by atoms with E-state index in [1.165, 1.54) is 0 Å². The van der Waals surface area contributed by atoms with Gasteiger partial charge in [0.2, 0.25) is 0 Å². The second kappa shape index (κ2) is 5.06. The maximum absolute atomic E-state index is 10.3. The Labute approximate surface area is 100 Å². The molecule has 0 saturated carbocycles. The van der Waals surface area contributed by atoms with E-state index in [1.54, 1.807) is 6.20 Å². The van der Waals surface area contributed by atoms with E-state index in [-0.39, 0.29) is 0 Å². The number of benzene rings is 1. The van der Waals surface area contributed by atoms with Crippen LogP contribution in [0.5, 0.6) is 0 Å². The second-order valence-corrected chi connectivity index (χ2v) is 4.19. The molecule has 0 saturated heterocycles. The van der Waals surface area contributed by atoms with Crippen LogP contribution in [0, 0.1) is 6.92 Å². The van der Waals surface area contributed by atoms with Gasteiger partial charge >= 0.3 is 0 Å². The van der Waals surface area contributed by atoms with Crippen LogP contribution in [0.15, 0.2) is 30.5 Å². The Kier molecular flexibility index (Phi) is 3.49. The summed E-state index contributed by atoms with van der Waals surface area (Å²) in [5, 5.41) is 12.0.